The standard InChI is InChI=1S/C17H25N3/c1-11-8-12(2)10-13(9-11)16(18)17-14-6-4-5-7-15(14)20(3)19-17/h4-7,11-13,16H,8-10,18H2,1-3H3. The molecule has 0 saturated heterocycles. The number of rotatable bonds is 2. The Morgan fingerprint density at radius 2 is 1.80 bits per heavy atom. The number of para-hydroxylation sites is 1. The average Bonchev–Trinajstić information content (AvgIpc) is 2.75. The Bertz CT molecular complexity index is 591. The number of hydrogen-bond donors (Lipinski definition) is 1. The molecule has 1 fully saturated rings. The van der Waals surface area contributed by atoms with E-state index in [1.165, 1.54) is 30.2 Å². The molecular formula is C17H25N3. The third-order valence-electron chi connectivity index (χ3n) is 4.82. The largest absolute Gasteiger partial charge is 0.322 e. The molecular weight excluding hydrogens is 246 g/mol. The van der Waals surface area contributed by atoms with Crippen molar-refractivity contribution in [2.45, 2.75) is 39.2 Å². The summed E-state index contributed by atoms with van der Waals surface area (Å²) in [6.45, 7) is 4.71. The van der Waals surface area contributed by atoms with Crippen LogP contribution in [0.25, 0.3) is 10.9 Å². The van der Waals surface area contributed by atoms with E-state index in [9.17, 15) is 0 Å². The highest BCUT2D eigenvalue weighted by molar-refractivity contribution is 5.82. The maximum absolute atomic E-state index is 6.60. The van der Waals surface area contributed by atoms with Crippen LogP contribution in [0.1, 0.15) is 44.8 Å². The lowest BCUT2D eigenvalue weighted by Crippen LogP contribution is -2.29. The summed E-state index contributed by atoms with van der Waals surface area (Å²) in [7, 11) is 2.00. The number of nitrogens with two attached hydrogens (primary N) is 1. The quantitative estimate of drug-likeness (QED) is 0.906. The minimum Gasteiger partial charge on any atom is -0.322 e. The summed E-state index contributed by atoms with van der Waals surface area (Å²) in [4.78, 5) is 0. The molecule has 3 unspecified atom stereocenters. The van der Waals surface area contributed by atoms with Crippen LogP contribution in [0.2, 0.25) is 0 Å². The SMILES string of the molecule is CC1CC(C)CC(C(N)c2nn(C)c3ccccc23)C1. The van der Waals surface area contributed by atoms with Crippen LogP contribution in [0.5, 0.6) is 0 Å². The van der Waals surface area contributed by atoms with Gasteiger partial charge in [-0.1, -0.05) is 32.0 Å². The van der Waals surface area contributed by atoms with Crippen molar-refractivity contribution in [3.8, 4) is 0 Å². The zero-order valence-corrected chi connectivity index (χ0v) is 12.7. The van der Waals surface area contributed by atoms with E-state index in [0.29, 0.717) is 5.92 Å². The summed E-state index contributed by atoms with van der Waals surface area (Å²) >= 11 is 0. The van der Waals surface area contributed by atoms with Gasteiger partial charge < -0.3 is 5.73 Å². The van der Waals surface area contributed by atoms with Gasteiger partial charge in [-0.15, -0.1) is 0 Å². The van der Waals surface area contributed by atoms with E-state index < -0.39 is 0 Å². The topological polar surface area (TPSA) is 43.8 Å². The normalized spacial score (nSPS) is 28.7. The van der Waals surface area contributed by atoms with Gasteiger partial charge in [0.15, 0.2) is 0 Å². The number of fused-ring (bicyclic) bond motifs is 1. The maximum atomic E-state index is 6.60. The molecule has 1 aromatic carbocycles. The van der Waals surface area contributed by atoms with Gasteiger partial charge in [-0.3, -0.25) is 4.68 Å². The van der Waals surface area contributed by atoms with Crippen molar-refractivity contribution >= 4 is 10.9 Å². The zero-order chi connectivity index (χ0) is 14.3. The van der Waals surface area contributed by atoms with Gasteiger partial charge in [0, 0.05) is 12.4 Å². The Morgan fingerprint density at radius 3 is 2.50 bits per heavy atom. The van der Waals surface area contributed by atoms with E-state index in [4.69, 9.17) is 10.8 Å². The first-order valence-electron chi connectivity index (χ1n) is 7.73. The second-order valence-electron chi connectivity index (χ2n) is 6.73. The monoisotopic (exact) mass is 271 g/mol. The van der Waals surface area contributed by atoms with Crippen LogP contribution in [0.4, 0.5) is 0 Å². The molecule has 0 radical (unpaired) electrons. The first-order chi connectivity index (χ1) is 9.56. The van der Waals surface area contributed by atoms with Gasteiger partial charge >= 0.3 is 0 Å². The first-order valence-corrected chi connectivity index (χ1v) is 7.73. The predicted octanol–water partition coefficient (Wildman–Crippen LogP) is 3.65. The zero-order valence-electron chi connectivity index (χ0n) is 12.7. The van der Waals surface area contributed by atoms with E-state index in [-0.39, 0.29) is 6.04 Å². The minimum absolute atomic E-state index is 0.0614. The van der Waals surface area contributed by atoms with Crippen molar-refractivity contribution in [2.75, 3.05) is 0 Å². The van der Waals surface area contributed by atoms with Gasteiger partial charge in [0.1, 0.15) is 0 Å². The molecule has 3 atom stereocenters. The van der Waals surface area contributed by atoms with Gasteiger partial charge in [-0.25, -0.2) is 0 Å². The predicted molar refractivity (Wildman–Crippen MR) is 83.3 cm³/mol. The van der Waals surface area contributed by atoms with Gasteiger partial charge in [-0.2, -0.15) is 5.10 Å². The molecule has 1 heterocycles. The second kappa shape index (κ2) is 5.21. The molecule has 0 aliphatic heterocycles. The summed E-state index contributed by atoms with van der Waals surface area (Å²) in [5.41, 5.74) is 8.85. The molecule has 3 heteroatoms. The smallest absolute Gasteiger partial charge is 0.0873 e. The number of hydrogen-bond acceptors (Lipinski definition) is 2. The van der Waals surface area contributed by atoms with E-state index in [2.05, 4.69) is 38.1 Å². The van der Waals surface area contributed by atoms with Crippen LogP contribution in [0.3, 0.4) is 0 Å². The lowest BCUT2D eigenvalue weighted by Gasteiger charge is -2.34. The van der Waals surface area contributed by atoms with Crippen molar-refractivity contribution in [3.63, 3.8) is 0 Å². The Balaban J connectivity index is 1.94. The highest BCUT2D eigenvalue weighted by Gasteiger charge is 2.31. The number of aryl methyl sites for hydroxylation is 1. The summed E-state index contributed by atoms with van der Waals surface area (Å²) in [5.74, 6) is 2.13. The molecule has 3 rings (SSSR count). The molecule has 3 nitrogen and oxygen atoms in total. The molecule has 2 N–H and O–H groups in total. The lowest BCUT2D eigenvalue weighted by molar-refractivity contribution is 0.192. The van der Waals surface area contributed by atoms with Crippen LogP contribution < -0.4 is 5.73 Å². The molecule has 108 valence electrons. The molecule has 1 saturated carbocycles. The van der Waals surface area contributed by atoms with Crippen molar-refractivity contribution in [2.24, 2.45) is 30.5 Å². The lowest BCUT2D eigenvalue weighted by atomic mass is 9.73. The van der Waals surface area contributed by atoms with Gasteiger partial charge in [0.25, 0.3) is 0 Å². The molecule has 20 heavy (non-hydrogen) atoms. The average molecular weight is 271 g/mol. The van der Waals surface area contributed by atoms with Gasteiger partial charge in [-0.05, 0) is 43.1 Å². The highest BCUT2D eigenvalue weighted by atomic mass is 15.3. The van der Waals surface area contributed by atoms with Crippen molar-refractivity contribution in [1.29, 1.82) is 0 Å². The number of benzene rings is 1. The van der Waals surface area contributed by atoms with Crippen LogP contribution in [0, 0.1) is 17.8 Å². The third kappa shape index (κ3) is 2.35. The first kappa shape index (κ1) is 13.6. The number of aromatic nitrogens is 2. The van der Waals surface area contributed by atoms with Gasteiger partial charge in [0.2, 0.25) is 0 Å². The van der Waals surface area contributed by atoms with Crippen molar-refractivity contribution < 1.29 is 0 Å². The fraction of sp³-hybridized carbons (Fsp3) is 0.588. The van der Waals surface area contributed by atoms with E-state index >= 15 is 0 Å². The molecule has 2 aromatic rings. The molecule has 1 aromatic heterocycles. The molecule has 1 aliphatic rings. The van der Waals surface area contributed by atoms with Crippen LogP contribution >= 0.6 is 0 Å². The molecule has 0 bridgehead atoms. The fourth-order valence-electron chi connectivity index (χ4n) is 4.01. The summed E-state index contributed by atoms with van der Waals surface area (Å²) in [6.07, 6.45) is 3.80. The Labute approximate surface area is 121 Å². The van der Waals surface area contributed by atoms with Crippen LogP contribution in [0.15, 0.2) is 24.3 Å². The fourth-order valence-corrected chi connectivity index (χ4v) is 4.01. The summed E-state index contributed by atoms with van der Waals surface area (Å²) in [6, 6.07) is 8.46. The van der Waals surface area contributed by atoms with E-state index in [0.717, 1.165) is 17.5 Å². The van der Waals surface area contributed by atoms with Crippen molar-refractivity contribution in [1.82, 2.24) is 9.78 Å². The molecule has 1 aliphatic carbocycles. The third-order valence-corrected chi connectivity index (χ3v) is 4.82. The summed E-state index contributed by atoms with van der Waals surface area (Å²) < 4.78 is 1.96. The van der Waals surface area contributed by atoms with E-state index in [1.54, 1.807) is 0 Å². The Hall–Kier alpha value is -1.35. The molecule has 0 spiro atoms. The Kier molecular flexibility index (Phi) is 3.55. The van der Waals surface area contributed by atoms with Gasteiger partial charge in [0.05, 0.1) is 17.3 Å². The molecule has 0 amide bonds. The summed E-state index contributed by atoms with van der Waals surface area (Å²) in [5, 5.41) is 5.92. The van der Waals surface area contributed by atoms with Crippen LogP contribution in [-0.4, -0.2) is 9.78 Å². The van der Waals surface area contributed by atoms with Crippen molar-refractivity contribution in [3.05, 3.63) is 30.0 Å². The maximum Gasteiger partial charge on any atom is 0.0873 e. The van der Waals surface area contributed by atoms with E-state index in [1.807, 2.05) is 11.7 Å². The minimum atomic E-state index is 0.0614. The highest BCUT2D eigenvalue weighted by Crippen LogP contribution is 2.39. The van der Waals surface area contributed by atoms with Crippen LogP contribution in [-0.2, 0) is 7.05 Å². The Morgan fingerprint density at radius 1 is 1.15 bits per heavy atom. The number of nitrogens with zero attached hydrogens (tertiary/aromatic N) is 2. The second-order valence-corrected chi connectivity index (χ2v) is 6.73.